The van der Waals surface area contributed by atoms with Crippen molar-refractivity contribution in [1.29, 1.82) is 10.5 Å². The lowest BCUT2D eigenvalue weighted by atomic mass is 10.0. The lowest BCUT2D eigenvalue weighted by molar-refractivity contribution is 1.49. The molecule has 0 bridgehead atoms. The maximum absolute atomic E-state index is 12.4. The average Bonchev–Trinajstić information content (AvgIpc) is 2.72. The fourth-order valence-electron chi connectivity index (χ4n) is 2.59. The van der Waals surface area contributed by atoms with Gasteiger partial charge in [-0.05, 0) is 23.3 Å². The highest BCUT2D eigenvalue weighted by atomic mass is 16.1. The molecule has 0 N–H and O–H groups in total. The topological polar surface area (TPSA) is 64.7 Å². The van der Waals surface area contributed by atoms with Crippen LogP contribution in [0.15, 0.2) is 35.1 Å². The minimum absolute atomic E-state index is 0.119. The Balaban J connectivity index is 2.83. The molecule has 3 nitrogen and oxygen atoms in total. The van der Waals surface area contributed by atoms with Gasteiger partial charge in [0.2, 0.25) is 0 Å². The molecule has 0 atom stereocenters. The van der Waals surface area contributed by atoms with Crippen molar-refractivity contribution in [3.05, 3.63) is 51.3 Å². The molecule has 0 aromatic heterocycles. The Hall–Kier alpha value is -2.91. The Kier molecular flexibility index (Phi) is 2.24. The molecule has 0 amide bonds. The molecule has 3 rings (SSSR count). The molecule has 0 radical (unpaired) electrons. The normalized spacial score (nSPS) is 10.5. The SMILES string of the molecule is Cc1ccc2c(=C(C#N)C#N)c(=O)c3cccc1c32. The van der Waals surface area contributed by atoms with E-state index in [1.54, 1.807) is 6.07 Å². The third kappa shape index (κ3) is 1.33. The lowest BCUT2D eigenvalue weighted by Crippen LogP contribution is -2.21. The van der Waals surface area contributed by atoms with Gasteiger partial charge >= 0.3 is 0 Å². The van der Waals surface area contributed by atoms with Crippen LogP contribution in [0, 0.1) is 29.6 Å². The molecular formula is C16H8N2O. The molecule has 0 saturated carbocycles. The van der Waals surface area contributed by atoms with Gasteiger partial charge in [0.15, 0.2) is 5.43 Å². The van der Waals surface area contributed by atoms with Gasteiger partial charge in [0.1, 0.15) is 17.7 Å². The maximum atomic E-state index is 12.4. The molecule has 0 aliphatic carbocycles. The molecular weight excluding hydrogens is 236 g/mol. The summed E-state index contributed by atoms with van der Waals surface area (Å²) >= 11 is 0. The molecule has 0 saturated heterocycles. The second-order valence-electron chi connectivity index (χ2n) is 4.46. The van der Waals surface area contributed by atoms with Crippen LogP contribution < -0.4 is 10.6 Å². The van der Waals surface area contributed by atoms with Gasteiger partial charge in [0, 0.05) is 10.8 Å². The van der Waals surface area contributed by atoms with Crippen molar-refractivity contribution < 1.29 is 0 Å². The van der Waals surface area contributed by atoms with E-state index in [9.17, 15) is 4.79 Å². The fraction of sp³-hybridized carbons (Fsp3) is 0.0625. The Morgan fingerprint density at radius 3 is 2.37 bits per heavy atom. The molecule has 0 unspecified atom stereocenters. The van der Waals surface area contributed by atoms with Gasteiger partial charge in [0.25, 0.3) is 0 Å². The largest absolute Gasteiger partial charge is 0.288 e. The second-order valence-corrected chi connectivity index (χ2v) is 4.46. The minimum Gasteiger partial charge on any atom is -0.288 e. The van der Waals surface area contributed by atoms with E-state index in [1.807, 2.05) is 43.3 Å². The van der Waals surface area contributed by atoms with Crippen molar-refractivity contribution in [1.82, 2.24) is 0 Å². The second kappa shape index (κ2) is 3.80. The molecule has 88 valence electrons. The van der Waals surface area contributed by atoms with Crippen molar-refractivity contribution in [2.75, 3.05) is 0 Å². The highest BCUT2D eigenvalue weighted by Gasteiger charge is 2.14. The summed E-state index contributed by atoms with van der Waals surface area (Å²) in [6, 6.07) is 12.9. The Labute approximate surface area is 108 Å². The van der Waals surface area contributed by atoms with Crippen LogP contribution in [0.25, 0.3) is 27.1 Å². The molecule has 0 spiro atoms. The number of hydrogen-bond donors (Lipinski definition) is 0. The molecule has 3 aromatic rings. The highest BCUT2D eigenvalue weighted by Crippen LogP contribution is 2.26. The number of nitriles is 2. The fourth-order valence-corrected chi connectivity index (χ4v) is 2.59. The maximum Gasteiger partial charge on any atom is 0.196 e. The smallest absolute Gasteiger partial charge is 0.196 e. The molecule has 19 heavy (non-hydrogen) atoms. The number of aryl methyl sites for hydroxylation is 1. The number of benzene rings is 2. The standard InChI is InChI=1S/C16H8N2O/c1-9-5-6-12-14(10(7-17)8-18)16(19)13-4-2-3-11(9)15(12)13/h2-6H,1H3. The van der Waals surface area contributed by atoms with E-state index in [2.05, 4.69) is 0 Å². The zero-order valence-corrected chi connectivity index (χ0v) is 10.2. The van der Waals surface area contributed by atoms with Gasteiger partial charge in [-0.1, -0.05) is 30.3 Å². The van der Waals surface area contributed by atoms with Crippen LogP contribution >= 0.6 is 0 Å². The Morgan fingerprint density at radius 1 is 1.00 bits per heavy atom. The molecule has 3 heteroatoms. The summed E-state index contributed by atoms with van der Waals surface area (Å²) in [6.07, 6.45) is 0. The quantitative estimate of drug-likeness (QED) is 0.607. The predicted molar refractivity (Wildman–Crippen MR) is 73.5 cm³/mol. The zero-order valence-electron chi connectivity index (χ0n) is 10.2. The van der Waals surface area contributed by atoms with Crippen molar-refractivity contribution in [3.8, 4) is 12.1 Å². The number of hydrogen-bond acceptors (Lipinski definition) is 3. The first kappa shape index (κ1) is 11.2. The predicted octanol–water partition coefficient (Wildman–Crippen LogP) is 2.02. The lowest BCUT2D eigenvalue weighted by Gasteiger charge is -2.01. The summed E-state index contributed by atoms with van der Waals surface area (Å²) in [5.41, 5.74) is 0.723. The minimum atomic E-state index is -0.232. The van der Waals surface area contributed by atoms with Crippen LogP contribution in [-0.2, 0) is 0 Å². The molecule has 0 fully saturated rings. The van der Waals surface area contributed by atoms with Crippen LogP contribution in [-0.4, -0.2) is 0 Å². The van der Waals surface area contributed by atoms with Crippen molar-refractivity contribution in [3.63, 3.8) is 0 Å². The van der Waals surface area contributed by atoms with Crippen LogP contribution in [0.5, 0.6) is 0 Å². The molecule has 3 aromatic carbocycles. The summed E-state index contributed by atoms with van der Waals surface area (Å²) in [7, 11) is 0. The van der Waals surface area contributed by atoms with Crippen LogP contribution in [0.4, 0.5) is 0 Å². The Bertz CT molecular complexity index is 988. The summed E-state index contributed by atoms with van der Waals surface area (Å²) in [5.74, 6) is 0. The molecule has 0 heterocycles. The third-order valence-electron chi connectivity index (χ3n) is 3.47. The number of rotatable bonds is 0. The van der Waals surface area contributed by atoms with E-state index in [-0.39, 0.29) is 16.2 Å². The van der Waals surface area contributed by atoms with Gasteiger partial charge in [-0.3, -0.25) is 4.79 Å². The van der Waals surface area contributed by atoms with Crippen molar-refractivity contribution in [2.45, 2.75) is 6.92 Å². The van der Waals surface area contributed by atoms with Crippen LogP contribution in [0.3, 0.4) is 0 Å². The number of nitrogens with zero attached hydrogens (tertiary/aromatic N) is 2. The monoisotopic (exact) mass is 244 g/mol. The van der Waals surface area contributed by atoms with E-state index < -0.39 is 0 Å². The average molecular weight is 244 g/mol. The first-order valence-electron chi connectivity index (χ1n) is 5.81. The summed E-state index contributed by atoms with van der Waals surface area (Å²) in [5, 5.41) is 21.4. The van der Waals surface area contributed by atoms with Gasteiger partial charge in [0.05, 0.1) is 5.22 Å². The van der Waals surface area contributed by atoms with E-state index in [0.717, 1.165) is 16.3 Å². The third-order valence-corrected chi connectivity index (χ3v) is 3.47. The molecule has 0 aliphatic rings. The van der Waals surface area contributed by atoms with Gasteiger partial charge in [-0.15, -0.1) is 0 Å². The van der Waals surface area contributed by atoms with Gasteiger partial charge < -0.3 is 0 Å². The van der Waals surface area contributed by atoms with E-state index in [0.29, 0.717) is 10.8 Å². The van der Waals surface area contributed by atoms with Gasteiger partial charge in [-0.25, -0.2) is 0 Å². The summed E-state index contributed by atoms with van der Waals surface area (Å²) < 4.78 is 0. The summed E-state index contributed by atoms with van der Waals surface area (Å²) in [4.78, 5) is 12.4. The Morgan fingerprint density at radius 2 is 1.68 bits per heavy atom. The first-order chi connectivity index (χ1) is 9.19. The van der Waals surface area contributed by atoms with Crippen LogP contribution in [0.1, 0.15) is 5.56 Å². The van der Waals surface area contributed by atoms with Crippen molar-refractivity contribution >= 4 is 27.1 Å². The van der Waals surface area contributed by atoms with Gasteiger partial charge in [-0.2, -0.15) is 10.5 Å². The first-order valence-corrected chi connectivity index (χ1v) is 5.81. The van der Waals surface area contributed by atoms with E-state index in [1.165, 1.54) is 0 Å². The molecule has 0 aliphatic heterocycles. The van der Waals surface area contributed by atoms with Crippen molar-refractivity contribution in [2.24, 2.45) is 0 Å². The summed E-state index contributed by atoms with van der Waals surface area (Å²) in [6.45, 7) is 1.98. The highest BCUT2D eigenvalue weighted by molar-refractivity contribution is 6.13. The van der Waals surface area contributed by atoms with Crippen LogP contribution in [0.2, 0.25) is 0 Å². The van der Waals surface area contributed by atoms with E-state index in [4.69, 9.17) is 10.5 Å². The zero-order chi connectivity index (χ0) is 13.6. The van der Waals surface area contributed by atoms with E-state index >= 15 is 0 Å².